The van der Waals surface area contributed by atoms with Gasteiger partial charge in [-0.1, -0.05) is 12.1 Å². The van der Waals surface area contributed by atoms with Gasteiger partial charge in [0, 0.05) is 26.2 Å². The number of carboxylic acids is 1. The van der Waals surface area contributed by atoms with Crippen molar-refractivity contribution in [3.05, 3.63) is 53.4 Å². The van der Waals surface area contributed by atoms with Crippen LogP contribution in [0.4, 0.5) is 10.1 Å². The van der Waals surface area contributed by atoms with Crippen LogP contribution in [0.2, 0.25) is 0 Å². The molecule has 0 fully saturated rings. The van der Waals surface area contributed by atoms with Gasteiger partial charge in [-0.3, -0.25) is 14.4 Å². The maximum absolute atomic E-state index is 13.4. The van der Waals surface area contributed by atoms with Gasteiger partial charge in [-0.2, -0.15) is 0 Å². The zero-order valence-electron chi connectivity index (χ0n) is 16.4. The zero-order chi connectivity index (χ0) is 21.8. The molecule has 156 valence electrons. The molecule has 0 bridgehead atoms. The second-order valence-electron chi connectivity index (χ2n) is 6.78. The van der Waals surface area contributed by atoms with Gasteiger partial charge in [0.2, 0.25) is 5.91 Å². The molecular weight excluding hydrogens is 393 g/mol. The van der Waals surface area contributed by atoms with Gasteiger partial charge in [-0.05, 0) is 24.1 Å². The summed E-state index contributed by atoms with van der Waals surface area (Å²) in [5.74, 6) is -2.31. The van der Waals surface area contributed by atoms with Crippen molar-refractivity contribution in [1.82, 2.24) is 19.9 Å². The van der Waals surface area contributed by atoms with E-state index in [2.05, 4.69) is 20.6 Å². The standard InChI is InChI=1S/C20H20FN5O4/c1-11-7-12(3-4-13(11)21)8-22-20(30)18-19-17(23-10-24-18)14(9-26(19)2)25-15(27)5-6-16(28)29/h3-4,7,9-10H,5-6,8H2,1-2H3,(H,22,30)(H,25,27)(H,28,29). The SMILES string of the molecule is Cc1cc(CNC(=O)c2ncnc3c(NC(=O)CCC(=O)O)cn(C)c23)ccc1F. The van der Waals surface area contributed by atoms with Crippen molar-refractivity contribution < 1.29 is 23.9 Å². The Morgan fingerprint density at radius 2 is 1.97 bits per heavy atom. The van der Waals surface area contributed by atoms with Crippen LogP contribution in [-0.4, -0.2) is 37.4 Å². The number of aryl methyl sites for hydroxylation is 2. The van der Waals surface area contributed by atoms with Gasteiger partial charge in [-0.15, -0.1) is 0 Å². The Morgan fingerprint density at radius 1 is 1.20 bits per heavy atom. The molecule has 30 heavy (non-hydrogen) atoms. The predicted molar refractivity (Wildman–Crippen MR) is 106 cm³/mol. The largest absolute Gasteiger partial charge is 0.481 e. The van der Waals surface area contributed by atoms with E-state index in [1.165, 1.54) is 12.4 Å². The van der Waals surface area contributed by atoms with E-state index >= 15 is 0 Å². The normalized spacial score (nSPS) is 10.8. The van der Waals surface area contributed by atoms with E-state index in [-0.39, 0.29) is 30.9 Å². The van der Waals surface area contributed by atoms with Crippen molar-refractivity contribution in [2.24, 2.45) is 7.05 Å². The number of hydrogen-bond donors (Lipinski definition) is 3. The molecule has 3 N–H and O–H groups in total. The highest BCUT2D eigenvalue weighted by Gasteiger charge is 2.19. The average Bonchev–Trinajstić information content (AvgIpc) is 3.02. The van der Waals surface area contributed by atoms with Crippen molar-refractivity contribution >= 4 is 34.5 Å². The van der Waals surface area contributed by atoms with Crippen LogP contribution in [0.25, 0.3) is 11.0 Å². The minimum absolute atomic E-state index is 0.118. The number of carboxylic acid groups (broad SMARTS) is 1. The predicted octanol–water partition coefficient (Wildman–Crippen LogP) is 2.15. The van der Waals surface area contributed by atoms with E-state index in [0.29, 0.717) is 22.3 Å². The van der Waals surface area contributed by atoms with Crippen LogP contribution in [0.5, 0.6) is 0 Å². The summed E-state index contributed by atoms with van der Waals surface area (Å²) in [6.07, 6.45) is 2.33. The fourth-order valence-corrected chi connectivity index (χ4v) is 3.00. The molecule has 3 aromatic rings. The van der Waals surface area contributed by atoms with Crippen molar-refractivity contribution in [2.75, 3.05) is 5.32 Å². The zero-order valence-corrected chi connectivity index (χ0v) is 16.4. The number of nitrogens with zero attached hydrogens (tertiary/aromatic N) is 3. The van der Waals surface area contributed by atoms with E-state index in [4.69, 9.17) is 5.11 Å². The lowest BCUT2D eigenvalue weighted by molar-refractivity contribution is -0.138. The molecule has 0 aliphatic heterocycles. The van der Waals surface area contributed by atoms with Gasteiger partial charge in [0.25, 0.3) is 5.91 Å². The Hall–Kier alpha value is -3.82. The molecule has 9 nitrogen and oxygen atoms in total. The number of carbonyl (C=O) groups is 3. The summed E-state index contributed by atoms with van der Waals surface area (Å²) >= 11 is 0. The molecule has 0 aliphatic rings. The number of halogens is 1. The molecule has 0 radical (unpaired) electrons. The second-order valence-corrected chi connectivity index (χ2v) is 6.78. The third kappa shape index (κ3) is 4.59. The number of amides is 2. The van der Waals surface area contributed by atoms with Crippen LogP contribution < -0.4 is 10.6 Å². The molecule has 1 aromatic carbocycles. The summed E-state index contributed by atoms with van der Waals surface area (Å²) in [4.78, 5) is 43.5. The van der Waals surface area contributed by atoms with Crippen LogP contribution >= 0.6 is 0 Å². The maximum atomic E-state index is 13.4. The van der Waals surface area contributed by atoms with Crippen molar-refractivity contribution in [3.8, 4) is 0 Å². The summed E-state index contributed by atoms with van der Waals surface area (Å²) < 4.78 is 15.0. The minimum atomic E-state index is -1.07. The smallest absolute Gasteiger partial charge is 0.303 e. The highest BCUT2D eigenvalue weighted by molar-refractivity contribution is 6.08. The second kappa shape index (κ2) is 8.68. The number of carbonyl (C=O) groups excluding carboxylic acids is 2. The van der Waals surface area contributed by atoms with Crippen molar-refractivity contribution in [1.29, 1.82) is 0 Å². The van der Waals surface area contributed by atoms with Crippen LogP contribution in [0.3, 0.4) is 0 Å². The quantitative estimate of drug-likeness (QED) is 0.545. The number of benzene rings is 1. The van der Waals surface area contributed by atoms with Crippen molar-refractivity contribution in [2.45, 2.75) is 26.3 Å². The first-order chi connectivity index (χ1) is 14.3. The molecule has 10 heteroatoms. The molecule has 0 unspecified atom stereocenters. The lowest BCUT2D eigenvalue weighted by atomic mass is 10.1. The van der Waals surface area contributed by atoms with Gasteiger partial charge in [0.15, 0.2) is 5.69 Å². The Kier molecular flexibility index (Phi) is 6.05. The monoisotopic (exact) mass is 413 g/mol. The van der Waals surface area contributed by atoms with Gasteiger partial charge in [0.05, 0.1) is 12.1 Å². The molecule has 2 amide bonds. The Morgan fingerprint density at radius 3 is 2.67 bits per heavy atom. The van der Waals surface area contributed by atoms with Crippen LogP contribution in [0.1, 0.15) is 34.5 Å². The van der Waals surface area contributed by atoms with Gasteiger partial charge in [-0.25, -0.2) is 14.4 Å². The molecule has 0 atom stereocenters. The Labute approximate surface area is 170 Å². The summed E-state index contributed by atoms with van der Waals surface area (Å²) in [5, 5.41) is 14.1. The van der Waals surface area contributed by atoms with E-state index in [1.807, 2.05) is 0 Å². The maximum Gasteiger partial charge on any atom is 0.303 e. The third-order valence-corrected chi connectivity index (χ3v) is 4.48. The number of nitrogens with one attached hydrogen (secondary N) is 2. The number of fused-ring (bicyclic) bond motifs is 1. The fraction of sp³-hybridized carbons (Fsp3) is 0.250. The first-order valence-electron chi connectivity index (χ1n) is 9.11. The first-order valence-corrected chi connectivity index (χ1v) is 9.11. The molecule has 2 aromatic heterocycles. The number of hydrogen-bond acceptors (Lipinski definition) is 5. The summed E-state index contributed by atoms with van der Waals surface area (Å²) in [7, 11) is 1.68. The molecule has 0 saturated carbocycles. The van der Waals surface area contributed by atoms with Crippen LogP contribution in [0, 0.1) is 12.7 Å². The Bertz CT molecular complexity index is 1140. The number of aromatic nitrogens is 3. The average molecular weight is 413 g/mol. The van der Waals surface area contributed by atoms with E-state index in [1.54, 1.807) is 36.9 Å². The van der Waals surface area contributed by atoms with Crippen LogP contribution in [0.15, 0.2) is 30.7 Å². The highest BCUT2D eigenvalue weighted by atomic mass is 19.1. The van der Waals surface area contributed by atoms with Gasteiger partial charge in [0.1, 0.15) is 23.2 Å². The lowest BCUT2D eigenvalue weighted by Gasteiger charge is -2.08. The van der Waals surface area contributed by atoms with E-state index in [0.717, 1.165) is 5.56 Å². The van der Waals surface area contributed by atoms with E-state index < -0.39 is 17.8 Å². The van der Waals surface area contributed by atoms with Gasteiger partial charge >= 0.3 is 5.97 Å². The summed E-state index contributed by atoms with van der Waals surface area (Å²) in [6, 6.07) is 4.58. The molecule has 2 heterocycles. The molecular formula is C20H20FN5O4. The molecule has 0 spiro atoms. The Balaban J connectivity index is 1.80. The molecule has 0 saturated heterocycles. The molecule has 0 aliphatic carbocycles. The number of anilines is 1. The third-order valence-electron chi connectivity index (χ3n) is 4.48. The molecule has 3 rings (SSSR count). The van der Waals surface area contributed by atoms with E-state index in [9.17, 15) is 18.8 Å². The van der Waals surface area contributed by atoms with Crippen molar-refractivity contribution in [3.63, 3.8) is 0 Å². The number of rotatable bonds is 7. The van der Waals surface area contributed by atoms with Gasteiger partial charge < -0.3 is 20.3 Å². The number of aliphatic carboxylic acids is 1. The minimum Gasteiger partial charge on any atom is -0.481 e. The fourth-order valence-electron chi connectivity index (χ4n) is 3.00. The summed E-state index contributed by atoms with van der Waals surface area (Å²) in [5.41, 5.74) is 2.47. The van der Waals surface area contributed by atoms with Crippen LogP contribution in [-0.2, 0) is 23.2 Å². The summed E-state index contributed by atoms with van der Waals surface area (Å²) in [6.45, 7) is 1.83. The topological polar surface area (TPSA) is 126 Å². The lowest BCUT2D eigenvalue weighted by Crippen LogP contribution is -2.24. The highest BCUT2D eigenvalue weighted by Crippen LogP contribution is 2.25. The first kappa shape index (κ1) is 20.9.